The number of hydrogen-bond acceptors (Lipinski definition) is 7. The molecule has 0 unspecified atom stereocenters. The van der Waals surface area contributed by atoms with Gasteiger partial charge in [0.2, 0.25) is 0 Å². The Morgan fingerprint density at radius 3 is 2.76 bits per heavy atom. The maximum absolute atomic E-state index is 11.5. The molecule has 0 aliphatic rings. The zero-order chi connectivity index (χ0) is 18.8. The summed E-state index contributed by atoms with van der Waals surface area (Å²) < 4.78 is 5.29. The number of benzene rings is 1. The van der Waals surface area contributed by atoms with Crippen molar-refractivity contribution in [2.75, 3.05) is 13.2 Å². The molecule has 1 aromatic rings. The van der Waals surface area contributed by atoms with Crippen LogP contribution in [0.25, 0.3) is 0 Å². The first-order chi connectivity index (χ1) is 11.8. The Kier molecular flexibility index (Phi) is 8.00. The maximum Gasteiger partial charge on any atom is 0.329 e. The standard InChI is InChI=1S/C15H20N4O6/c1-10(2)25-7-3-6-16-14(21)15(22)18-17-9-11-8-12(19(23)24)4-5-13(11)20/h4-5,8-10,20H,3,6-7H2,1-2H3,(H,16,21)(H,18,22)/b17-9-. The molecule has 0 bridgehead atoms. The third-order valence-corrected chi connectivity index (χ3v) is 2.86. The Hall–Kier alpha value is -3.01. The predicted octanol–water partition coefficient (Wildman–Crippen LogP) is 0.682. The summed E-state index contributed by atoms with van der Waals surface area (Å²) in [5.74, 6) is -2.12. The van der Waals surface area contributed by atoms with Gasteiger partial charge in [-0.3, -0.25) is 19.7 Å². The van der Waals surface area contributed by atoms with Gasteiger partial charge in [0.25, 0.3) is 5.69 Å². The van der Waals surface area contributed by atoms with E-state index in [1.165, 1.54) is 0 Å². The van der Waals surface area contributed by atoms with Gasteiger partial charge in [0.1, 0.15) is 5.75 Å². The van der Waals surface area contributed by atoms with Gasteiger partial charge < -0.3 is 15.2 Å². The molecule has 1 rings (SSSR count). The van der Waals surface area contributed by atoms with Crippen molar-refractivity contribution in [1.82, 2.24) is 10.7 Å². The van der Waals surface area contributed by atoms with Gasteiger partial charge in [0.15, 0.2) is 0 Å². The van der Waals surface area contributed by atoms with Crippen LogP contribution in [0.3, 0.4) is 0 Å². The number of non-ortho nitro benzene ring substituents is 1. The van der Waals surface area contributed by atoms with Crippen LogP contribution in [0.4, 0.5) is 5.69 Å². The van der Waals surface area contributed by atoms with E-state index < -0.39 is 16.7 Å². The van der Waals surface area contributed by atoms with E-state index in [9.17, 15) is 24.8 Å². The van der Waals surface area contributed by atoms with Crippen molar-refractivity contribution in [3.05, 3.63) is 33.9 Å². The number of nitro groups is 1. The van der Waals surface area contributed by atoms with E-state index in [2.05, 4.69) is 10.4 Å². The Bertz CT molecular complexity index is 659. The average molecular weight is 352 g/mol. The predicted molar refractivity (Wildman–Crippen MR) is 89.2 cm³/mol. The van der Waals surface area contributed by atoms with E-state index in [0.29, 0.717) is 13.0 Å². The smallest absolute Gasteiger partial charge is 0.329 e. The fourth-order valence-corrected chi connectivity index (χ4v) is 1.64. The third kappa shape index (κ3) is 7.40. The molecule has 0 spiro atoms. The molecule has 3 N–H and O–H groups in total. The molecule has 10 nitrogen and oxygen atoms in total. The van der Waals surface area contributed by atoms with Crippen molar-refractivity contribution in [2.24, 2.45) is 5.10 Å². The Labute approximate surface area is 144 Å². The van der Waals surface area contributed by atoms with Crippen LogP contribution >= 0.6 is 0 Å². The molecular formula is C15H20N4O6. The highest BCUT2D eigenvalue weighted by atomic mass is 16.6. The van der Waals surface area contributed by atoms with Crippen molar-refractivity contribution in [3.8, 4) is 5.75 Å². The van der Waals surface area contributed by atoms with Crippen molar-refractivity contribution >= 4 is 23.7 Å². The lowest BCUT2D eigenvalue weighted by molar-refractivity contribution is -0.384. The lowest BCUT2D eigenvalue weighted by Crippen LogP contribution is -2.38. The number of aromatic hydroxyl groups is 1. The number of ether oxygens (including phenoxy) is 1. The first-order valence-electron chi connectivity index (χ1n) is 7.51. The molecule has 0 saturated carbocycles. The summed E-state index contributed by atoms with van der Waals surface area (Å²) in [6, 6.07) is 3.34. The summed E-state index contributed by atoms with van der Waals surface area (Å²) in [4.78, 5) is 33.1. The highest BCUT2D eigenvalue weighted by Gasteiger charge is 2.12. The molecule has 0 fully saturated rings. The second-order valence-corrected chi connectivity index (χ2v) is 5.23. The zero-order valence-corrected chi connectivity index (χ0v) is 13.9. The number of phenols is 1. The summed E-state index contributed by atoms with van der Waals surface area (Å²) in [5, 5.41) is 26.1. The van der Waals surface area contributed by atoms with Gasteiger partial charge in [-0.2, -0.15) is 5.10 Å². The SMILES string of the molecule is CC(C)OCCCNC(=O)C(=O)N/N=C\c1cc([N+](=O)[O-])ccc1O. The van der Waals surface area contributed by atoms with E-state index in [-0.39, 0.29) is 29.6 Å². The second kappa shape index (κ2) is 9.98. The molecular weight excluding hydrogens is 332 g/mol. The van der Waals surface area contributed by atoms with Crippen LogP contribution in [0, 0.1) is 10.1 Å². The molecule has 0 heterocycles. The summed E-state index contributed by atoms with van der Waals surface area (Å²) in [7, 11) is 0. The van der Waals surface area contributed by atoms with Crippen molar-refractivity contribution in [2.45, 2.75) is 26.4 Å². The highest BCUT2D eigenvalue weighted by molar-refractivity contribution is 6.35. The van der Waals surface area contributed by atoms with Crippen LogP contribution in [0.2, 0.25) is 0 Å². The summed E-state index contributed by atoms with van der Waals surface area (Å²) in [6.07, 6.45) is 1.66. The number of hydrazone groups is 1. The van der Waals surface area contributed by atoms with Crippen LogP contribution in [-0.4, -0.2) is 47.3 Å². The number of rotatable bonds is 8. The first-order valence-corrected chi connectivity index (χ1v) is 7.51. The highest BCUT2D eigenvalue weighted by Crippen LogP contribution is 2.21. The second-order valence-electron chi connectivity index (χ2n) is 5.23. The number of nitrogens with one attached hydrogen (secondary N) is 2. The minimum atomic E-state index is -0.994. The molecule has 2 amide bonds. The molecule has 25 heavy (non-hydrogen) atoms. The number of phenolic OH excluding ortho intramolecular Hbond substituents is 1. The summed E-state index contributed by atoms with van der Waals surface area (Å²) in [5.41, 5.74) is 1.76. The lowest BCUT2D eigenvalue weighted by Gasteiger charge is -2.07. The topological polar surface area (TPSA) is 143 Å². The average Bonchev–Trinajstić information content (AvgIpc) is 2.55. The number of carbonyl (C=O) groups excluding carboxylic acids is 2. The monoisotopic (exact) mass is 352 g/mol. The number of hydrogen-bond donors (Lipinski definition) is 3. The Morgan fingerprint density at radius 1 is 1.40 bits per heavy atom. The first kappa shape index (κ1) is 20.0. The van der Waals surface area contributed by atoms with E-state index >= 15 is 0 Å². The van der Waals surface area contributed by atoms with Gasteiger partial charge >= 0.3 is 11.8 Å². The minimum absolute atomic E-state index is 0.0285. The Balaban J connectivity index is 2.45. The minimum Gasteiger partial charge on any atom is -0.507 e. The van der Waals surface area contributed by atoms with Gasteiger partial charge in [-0.05, 0) is 26.3 Å². The maximum atomic E-state index is 11.5. The van der Waals surface area contributed by atoms with Crippen LogP contribution in [0.15, 0.2) is 23.3 Å². The lowest BCUT2D eigenvalue weighted by atomic mass is 10.2. The Morgan fingerprint density at radius 2 is 2.12 bits per heavy atom. The quantitative estimate of drug-likeness (QED) is 0.206. The summed E-state index contributed by atoms with van der Waals surface area (Å²) in [6.45, 7) is 4.52. The zero-order valence-electron chi connectivity index (χ0n) is 13.9. The summed E-state index contributed by atoms with van der Waals surface area (Å²) >= 11 is 0. The number of amides is 2. The van der Waals surface area contributed by atoms with E-state index in [4.69, 9.17) is 4.74 Å². The van der Waals surface area contributed by atoms with Crippen molar-refractivity contribution in [1.29, 1.82) is 0 Å². The number of carbonyl (C=O) groups is 2. The normalized spacial score (nSPS) is 10.8. The molecule has 0 saturated heterocycles. The fraction of sp³-hybridized carbons (Fsp3) is 0.400. The molecule has 0 atom stereocenters. The van der Waals surface area contributed by atoms with Crippen LogP contribution in [0.1, 0.15) is 25.8 Å². The van der Waals surface area contributed by atoms with E-state index in [0.717, 1.165) is 24.4 Å². The van der Waals surface area contributed by atoms with Gasteiger partial charge in [-0.25, -0.2) is 5.43 Å². The molecule has 0 aliphatic heterocycles. The molecule has 10 heteroatoms. The third-order valence-electron chi connectivity index (χ3n) is 2.86. The van der Waals surface area contributed by atoms with Crippen LogP contribution < -0.4 is 10.7 Å². The molecule has 0 radical (unpaired) electrons. The van der Waals surface area contributed by atoms with Crippen molar-refractivity contribution in [3.63, 3.8) is 0 Å². The molecule has 0 aromatic heterocycles. The van der Waals surface area contributed by atoms with Gasteiger partial charge in [-0.15, -0.1) is 0 Å². The van der Waals surface area contributed by atoms with Crippen LogP contribution in [-0.2, 0) is 14.3 Å². The fourth-order valence-electron chi connectivity index (χ4n) is 1.64. The van der Waals surface area contributed by atoms with E-state index in [1.807, 2.05) is 19.3 Å². The number of nitro benzene ring substituents is 1. The van der Waals surface area contributed by atoms with E-state index in [1.54, 1.807) is 0 Å². The van der Waals surface area contributed by atoms with Crippen LogP contribution in [0.5, 0.6) is 5.75 Å². The van der Waals surface area contributed by atoms with Gasteiger partial charge in [0.05, 0.1) is 17.2 Å². The van der Waals surface area contributed by atoms with Gasteiger partial charge in [-0.1, -0.05) is 0 Å². The van der Waals surface area contributed by atoms with Gasteiger partial charge in [0, 0.05) is 30.8 Å². The number of nitrogens with zero attached hydrogens (tertiary/aromatic N) is 2. The molecule has 1 aromatic carbocycles. The van der Waals surface area contributed by atoms with Crippen molar-refractivity contribution < 1.29 is 24.4 Å². The molecule has 136 valence electrons. The largest absolute Gasteiger partial charge is 0.507 e. The molecule has 0 aliphatic carbocycles.